The summed E-state index contributed by atoms with van der Waals surface area (Å²) in [6.07, 6.45) is -3.39. The molecule has 2 saturated heterocycles. The average Bonchev–Trinajstić information content (AvgIpc) is 3.96. The number of anilines is 1. The molecule has 7 rings (SSSR count). The molecule has 0 radical (unpaired) electrons. The van der Waals surface area contributed by atoms with Crippen molar-refractivity contribution in [3.63, 3.8) is 0 Å². The van der Waals surface area contributed by atoms with Crippen LogP contribution < -0.4 is 31.6 Å². The maximum absolute atomic E-state index is 13.9. The Balaban J connectivity index is 1.04. The van der Waals surface area contributed by atoms with Crippen molar-refractivity contribution in [1.82, 2.24) is 45.4 Å². The second-order valence-corrected chi connectivity index (χ2v) is 23.6. The third-order valence-corrected chi connectivity index (χ3v) is 14.3. The highest BCUT2D eigenvalue weighted by Crippen LogP contribution is 2.58. The molecule has 3 aromatic heterocycles. The van der Waals surface area contributed by atoms with Crippen LogP contribution >= 0.6 is 25.8 Å². The largest absolute Gasteiger partial charge is 0.474 e. The highest BCUT2D eigenvalue weighted by atomic mass is 32.7. The lowest BCUT2D eigenvalue weighted by Crippen LogP contribution is -2.55. The summed E-state index contributed by atoms with van der Waals surface area (Å²) in [4.78, 5) is 96.1. The molecule has 70 heavy (non-hydrogen) atoms. The van der Waals surface area contributed by atoms with Crippen molar-refractivity contribution >= 4 is 78.5 Å². The van der Waals surface area contributed by atoms with Gasteiger partial charge in [-0.25, -0.2) is 24.3 Å². The Labute approximate surface area is 410 Å². The number of aromatic amines is 1. The number of amides is 4. The van der Waals surface area contributed by atoms with E-state index in [1.165, 1.54) is 30.1 Å². The SMILES string of the molecule is CC(C)[C@H](NC(=O)OC(C)(C)C)C(=O)N[C@@H](C)C(=O)NCc1ccccc1C(=O)Nc1nc2c(ncn2[C@@H]2O[C@@H]3COP(O)(=S)O[C@H]4C[C@H](Oc5ccncn5)C[C@@H]4COP(=O)(S)O[C@@H]2[C@@H]3O)c(=O)[nH]1. The van der Waals surface area contributed by atoms with E-state index < -0.39 is 110 Å². The molecular weight excluding hydrogens is 999 g/mol. The molecule has 2 unspecified atom stereocenters. The van der Waals surface area contributed by atoms with Crippen LogP contribution in [-0.2, 0) is 60.1 Å². The van der Waals surface area contributed by atoms with Crippen molar-refractivity contribution in [2.75, 3.05) is 18.5 Å². The number of fused-ring (bicyclic) bond motifs is 4. The summed E-state index contributed by atoms with van der Waals surface area (Å²) >= 11 is 9.57. The van der Waals surface area contributed by atoms with Gasteiger partial charge in [0.15, 0.2) is 17.4 Å². The van der Waals surface area contributed by atoms with E-state index in [0.717, 1.165) is 6.33 Å². The van der Waals surface area contributed by atoms with Crippen LogP contribution in [0.25, 0.3) is 11.2 Å². The van der Waals surface area contributed by atoms with Gasteiger partial charge in [0.2, 0.25) is 23.6 Å². The number of imidazole rings is 1. The number of thiol groups is 1. The molecule has 4 aromatic rings. The zero-order chi connectivity index (χ0) is 50.7. The molecule has 2 aliphatic heterocycles. The van der Waals surface area contributed by atoms with E-state index in [1.54, 1.807) is 58.9 Å². The predicted molar refractivity (Wildman–Crippen MR) is 254 cm³/mol. The number of benzene rings is 1. The molecule has 4 amide bonds. The topological polar surface area (TPSA) is 328 Å². The fourth-order valence-corrected chi connectivity index (χ4v) is 10.8. The Hall–Kier alpha value is -4.92. The fraction of sp³-hybridized carbons (Fsp3) is 0.537. The third-order valence-electron chi connectivity index (χ3n) is 11.1. The molecule has 1 aromatic carbocycles. The minimum atomic E-state index is -4.35. The molecule has 1 aliphatic carbocycles. The van der Waals surface area contributed by atoms with Crippen LogP contribution in [0.5, 0.6) is 5.88 Å². The predicted octanol–water partition coefficient (Wildman–Crippen LogP) is 3.02. The molecule has 380 valence electrons. The summed E-state index contributed by atoms with van der Waals surface area (Å²) in [5.74, 6) is -2.87. The van der Waals surface area contributed by atoms with Crippen molar-refractivity contribution in [3.8, 4) is 5.88 Å². The van der Waals surface area contributed by atoms with Crippen LogP contribution in [0.1, 0.15) is 76.5 Å². The highest BCUT2D eigenvalue weighted by molar-refractivity contribution is 8.44. The van der Waals surface area contributed by atoms with Gasteiger partial charge in [0.05, 0.1) is 25.6 Å². The zero-order valence-electron chi connectivity index (χ0n) is 38.6. The van der Waals surface area contributed by atoms with Crippen LogP contribution in [0.15, 0.2) is 54.0 Å². The van der Waals surface area contributed by atoms with Crippen LogP contribution in [0.4, 0.5) is 10.7 Å². The Kier molecular flexibility index (Phi) is 16.5. The Morgan fingerprint density at radius 3 is 2.50 bits per heavy atom. The summed E-state index contributed by atoms with van der Waals surface area (Å²) in [7, 11) is 0. The number of H-pyrrole nitrogens is 1. The van der Waals surface area contributed by atoms with E-state index in [9.17, 15) is 38.5 Å². The van der Waals surface area contributed by atoms with Crippen molar-refractivity contribution in [2.45, 2.75) is 115 Å². The lowest BCUT2D eigenvalue weighted by molar-refractivity contribution is -0.130. The van der Waals surface area contributed by atoms with E-state index in [4.69, 9.17) is 44.1 Å². The summed E-state index contributed by atoms with van der Waals surface area (Å²) < 4.78 is 55.7. The fourth-order valence-electron chi connectivity index (χ4n) is 7.81. The van der Waals surface area contributed by atoms with Gasteiger partial charge in [-0.1, -0.05) is 44.3 Å². The van der Waals surface area contributed by atoms with E-state index in [0.29, 0.717) is 17.9 Å². The molecule has 2 bridgehead atoms. The Morgan fingerprint density at radius 1 is 1.03 bits per heavy atom. The molecule has 0 spiro atoms. The van der Waals surface area contributed by atoms with E-state index in [1.807, 2.05) is 0 Å². The number of alkyl carbamates (subject to hydrolysis) is 1. The molecule has 29 heteroatoms. The molecular formula is C41H54N10O15P2S2. The first-order valence-electron chi connectivity index (χ1n) is 22.0. The van der Waals surface area contributed by atoms with Gasteiger partial charge in [-0.3, -0.25) is 38.6 Å². The number of aliphatic hydroxyl groups is 1. The maximum atomic E-state index is 13.9. The number of rotatable bonds is 12. The standard InChI is InChI=1S/C41H54N10O15P2S2/c1-20(2)29(47-40(57)64-41(4,5)6)36(55)46-21(3)34(53)43-15-22-9-7-8-10-25(22)35(54)49-39-48-33-30(37(56)50-39)45-19-51(33)38-32-31(52)27(63-38)17-61-67(58,69)65-26-14-24(62-28-11-12-42-18-44-28)13-23(26)16-60-68(59,70)66-32/h7-12,18-21,23-24,26-27,29,31-32,38,52H,13-17H2,1-6H3,(H,43,53)(H,46,55)(H,47,57)(H,58,69)(H,59,70)(H2,48,49,50,54,56)/t21-,23+,24+,26-,27+,29-,31+,32+,38+,67?,68?/m0/s1. The first-order chi connectivity index (χ1) is 33.0. The lowest BCUT2D eigenvalue weighted by Gasteiger charge is -2.27. The smallest absolute Gasteiger partial charge is 0.408 e. The number of nitrogens with zero attached hydrogens (tertiary/aromatic N) is 5. The summed E-state index contributed by atoms with van der Waals surface area (Å²) in [6.45, 7) is 0.645. The number of aromatic nitrogens is 6. The monoisotopic (exact) mass is 1050 g/mol. The van der Waals surface area contributed by atoms with E-state index in [-0.39, 0.29) is 48.2 Å². The number of hydrogen-bond acceptors (Lipinski definition) is 19. The van der Waals surface area contributed by atoms with Crippen molar-refractivity contribution in [3.05, 3.63) is 70.7 Å². The number of nitrogens with one attached hydrogen (secondary N) is 5. The Morgan fingerprint density at radius 2 is 1.79 bits per heavy atom. The lowest BCUT2D eigenvalue weighted by atomic mass is 10.0. The van der Waals surface area contributed by atoms with Gasteiger partial charge in [0.1, 0.15) is 48.4 Å². The number of aliphatic hydroxyl groups excluding tert-OH is 1. The van der Waals surface area contributed by atoms with Gasteiger partial charge in [-0.2, -0.15) is 4.98 Å². The first-order valence-corrected chi connectivity index (χ1v) is 27.3. The average molecular weight is 1050 g/mol. The summed E-state index contributed by atoms with van der Waals surface area (Å²) in [5, 5.41) is 21.9. The van der Waals surface area contributed by atoms with Crippen LogP contribution in [0, 0.1) is 11.8 Å². The molecule has 3 fully saturated rings. The first kappa shape index (κ1) is 52.9. The minimum absolute atomic E-state index is 0.0830. The van der Waals surface area contributed by atoms with E-state index >= 15 is 0 Å². The van der Waals surface area contributed by atoms with Crippen LogP contribution in [0.2, 0.25) is 0 Å². The molecule has 5 heterocycles. The van der Waals surface area contributed by atoms with Crippen molar-refractivity contribution < 1.29 is 66.0 Å². The van der Waals surface area contributed by atoms with Crippen molar-refractivity contribution in [1.29, 1.82) is 0 Å². The second-order valence-electron chi connectivity index (χ2n) is 18.0. The molecule has 11 atom stereocenters. The normalized spacial score (nSPS) is 28.0. The van der Waals surface area contributed by atoms with Gasteiger partial charge in [0.25, 0.3) is 11.5 Å². The second kappa shape index (κ2) is 21.8. The summed E-state index contributed by atoms with van der Waals surface area (Å²) in [6, 6.07) is 5.80. The van der Waals surface area contributed by atoms with Gasteiger partial charge >= 0.3 is 19.6 Å². The van der Waals surface area contributed by atoms with Gasteiger partial charge < -0.3 is 53.7 Å². The quantitative estimate of drug-likeness (QED) is 0.0747. The van der Waals surface area contributed by atoms with Crippen LogP contribution in [-0.4, -0.2) is 125 Å². The number of carbonyl (C=O) groups is 4. The minimum Gasteiger partial charge on any atom is -0.474 e. The number of carbonyl (C=O) groups excluding carboxylic acids is 4. The Bertz CT molecular complexity index is 2730. The van der Waals surface area contributed by atoms with Gasteiger partial charge in [-0.15, -0.1) is 0 Å². The maximum Gasteiger partial charge on any atom is 0.408 e. The van der Waals surface area contributed by atoms with E-state index in [2.05, 4.69) is 58.4 Å². The molecule has 7 N–H and O–H groups in total. The molecule has 25 nitrogen and oxygen atoms in total. The van der Waals surface area contributed by atoms with Gasteiger partial charge in [-0.05, 0) is 63.5 Å². The van der Waals surface area contributed by atoms with Gasteiger partial charge in [0, 0.05) is 36.7 Å². The third kappa shape index (κ3) is 13.3. The zero-order valence-corrected chi connectivity index (χ0v) is 42.1. The highest BCUT2D eigenvalue weighted by Gasteiger charge is 2.51. The van der Waals surface area contributed by atoms with Crippen LogP contribution in [0.3, 0.4) is 0 Å². The number of hydrogen-bond donors (Lipinski definition) is 8. The van der Waals surface area contributed by atoms with Crippen molar-refractivity contribution in [2.24, 2.45) is 11.8 Å². The molecule has 1 saturated carbocycles. The molecule has 3 aliphatic rings. The summed E-state index contributed by atoms with van der Waals surface area (Å²) in [5.41, 5.74) is -1.53. The number of ether oxygens (including phenoxy) is 3.